The van der Waals surface area contributed by atoms with Gasteiger partial charge in [0.05, 0.1) is 11.7 Å². The Morgan fingerprint density at radius 3 is 2.56 bits per heavy atom. The summed E-state index contributed by atoms with van der Waals surface area (Å²) in [5.74, 6) is -0.577. The lowest BCUT2D eigenvalue weighted by atomic mass is 10.1. The number of hydrogen-bond donors (Lipinski definition) is 1. The molecule has 0 aromatic rings. The van der Waals surface area contributed by atoms with E-state index < -0.39 is 29.6 Å². The molecule has 0 spiro atoms. The van der Waals surface area contributed by atoms with Gasteiger partial charge in [0.2, 0.25) is 0 Å². The zero-order chi connectivity index (χ0) is 13.9. The van der Waals surface area contributed by atoms with Crippen molar-refractivity contribution in [3.63, 3.8) is 0 Å². The summed E-state index contributed by atoms with van der Waals surface area (Å²) in [6.07, 6.45) is -0.546. The standard InChI is InChI=1S/C11H17N3O4/c1-11(2,3)18-8-4-5-14(10(16)17)9(8)7(15)6-13-12/h6,8-9H,4-5H2,1-3H3,(H,16,17). The van der Waals surface area contributed by atoms with Gasteiger partial charge in [-0.15, -0.1) is 0 Å². The van der Waals surface area contributed by atoms with Crippen LogP contribution in [0.1, 0.15) is 27.2 Å². The highest BCUT2D eigenvalue weighted by Crippen LogP contribution is 2.25. The highest BCUT2D eigenvalue weighted by Gasteiger charge is 2.44. The van der Waals surface area contributed by atoms with E-state index in [9.17, 15) is 9.59 Å². The van der Waals surface area contributed by atoms with Crippen molar-refractivity contribution < 1.29 is 24.2 Å². The van der Waals surface area contributed by atoms with E-state index in [1.807, 2.05) is 20.8 Å². The number of ether oxygens (including phenoxy) is 1. The van der Waals surface area contributed by atoms with Crippen LogP contribution in [-0.4, -0.2) is 57.2 Å². The van der Waals surface area contributed by atoms with Crippen molar-refractivity contribution in [1.82, 2.24) is 4.90 Å². The number of amides is 1. The number of ketones is 1. The van der Waals surface area contributed by atoms with Crippen LogP contribution in [0.5, 0.6) is 0 Å². The molecule has 100 valence electrons. The Balaban J connectivity index is 2.94. The Kier molecular flexibility index (Phi) is 4.21. The third-order valence-corrected chi connectivity index (χ3v) is 2.57. The quantitative estimate of drug-likeness (QED) is 0.457. The number of nitrogens with zero attached hydrogens (tertiary/aromatic N) is 3. The molecule has 1 aliphatic heterocycles. The molecular formula is C11H17N3O4. The van der Waals surface area contributed by atoms with Gasteiger partial charge in [-0.25, -0.2) is 4.79 Å². The molecule has 0 bridgehead atoms. The van der Waals surface area contributed by atoms with Crippen molar-refractivity contribution in [2.75, 3.05) is 6.54 Å². The van der Waals surface area contributed by atoms with Gasteiger partial charge in [-0.1, -0.05) is 0 Å². The first kappa shape index (κ1) is 14.3. The van der Waals surface area contributed by atoms with Gasteiger partial charge >= 0.3 is 12.3 Å². The molecule has 0 aromatic carbocycles. The molecule has 1 saturated heterocycles. The van der Waals surface area contributed by atoms with E-state index in [-0.39, 0.29) is 6.54 Å². The predicted octanol–water partition coefficient (Wildman–Crippen LogP) is 0.792. The maximum Gasteiger partial charge on any atom is 0.408 e. The van der Waals surface area contributed by atoms with Gasteiger partial charge in [-0.3, -0.25) is 9.69 Å². The Labute approximate surface area is 105 Å². The molecule has 7 heteroatoms. The molecule has 0 aliphatic carbocycles. The number of hydrogen-bond acceptors (Lipinski definition) is 3. The Morgan fingerprint density at radius 1 is 1.50 bits per heavy atom. The zero-order valence-corrected chi connectivity index (χ0v) is 10.7. The highest BCUT2D eigenvalue weighted by atomic mass is 16.5. The van der Waals surface area contributed by atoms with Crippen LogP contribution in [0.3, 0.4) is 0 Å². The summed E-state index contributed by atoms with van der Waals surface area (Å²) in [5, 5.41) is 9.03. The normalized spacial score (nSPS) is 23.6. The van der Waals surface area contributed by atoms with E-state index in [1.54, 1.807) is 0 Å². The number of carbonyl (C=O) groups is 2. The summed E-state index contributed by atoms with van der Waals surface area (Å²) in [4.78, 5) is 26.5. The second-order valence-corrected chi connectivity index (χ2v) is 5.13. The molecule has 7 nitrogen and oxygen atoms in total. The zero-order valence-electron chi connectivity index (χ0n) is 10.7. The van der Waals surface area contributed by atoms with Gasteiger partial charge < -0.3 is 15.4 Å². The smallest absolute Gasteiger partial charge is 0.408 e. The molecule has 1 rings (SSSR count). The van der Waals surface area contributed by atoms with Crippen LogP contribution in [0.25, 0.3) is 5.53 Å². The maximum absolute atomic E-state index is 11.8. The third kappa shape index (κ3) is 3.38. The predicted molar refractivity (Wildman–Crippen MR) is 62.5 cm³/mol. The SMILES string of the molecule is CC(C)(C)OC1CCN(C(=O)O)C1C(=O)C=[N+]=[N-]. The van der Waals surface area contributed by atoms with Crippen molar-refractivity contribution in [3.8, 4) is 0 Å². The molecule has 2 unspecified atom stereocenters. The summed E-state index contributed by atoms with van der Waals surface area (Å²) < 4.78 is 5.69. The van der Waals surface area contributed by atoms with Crippen LogP contribution in [0.15, 0.2) is 0 Å². The van der Waals surface area contributed by atoms with Crippen molar-refractivity contribution in [2.24, 2.45) is 0 Å². The summed E-state index contributed by atoms with van der Waals surface area (Å²) in [7, 11) is 0. The van der Waals surface area contributed by atoms with E-state index in [0.717, 1.165) is 4.90 Å². The molecule has 0 radical (unpaired) electrons. The van der Waals surface area contributed by atoms with Gasteiger partial charge in [0.15, 0.2) is 0 Å². The first-order valence-electron chi connectivity index (χ1n) is 5.65. The second kappa shape index (κ2) is 5.29. The summed E-state index contributed by atoms with van der Waals surface area (Å²) in [5.41, 5.74) is 7.90. The fourth-order valence-corrected chi connectivity index (χ4v) is 2.03. The minimum Gasteiger partial charge on any atom is -0.465 e. The van der Waals surface area contributed by atoms with Crippen molar-refractivity contribution >= 4 is 18.1 Å². The Bertz CT molecular complexity index is 396. The molecule has 2 atom stereocenters. The maximum atomic E-state index is 11.8. The molecule has 1 N–H and O–H groups in total. The lowest BCUT2D eigenvalue weighted by Gasteiger charge is -2.28. The number of Topliss-reactive ketones (excluding diaryl/α,β-unsaturated/α-hetero) is 1. The number of rotatable bonds is 3. The fourth-order valence-electron chi connectivity index (χ4n) is 2.03. The van der Waals surface area contributed by atoms with E-state index in [4.69, 9.17) is 15.4 Å². The summed E-state index contributed by atoms with van der Waals surface area (Å²) in [6.45, 7) is 5.72. The van der Waals surface area contributed by atoms with Crippen molar-refractivity contribution in [3.05, 3.63) is 5.53 Å². The van der Waals surface area contributed by atoms with Crippen LogP contribution in [-0.2, 0) is 9.53 Å². The van der Waals surface area contributed by atoms with Crippen LogP contribution >= 0.6 is 0 Å². The molecule has 18 heavy (non-hydrogen) atoms. The highest BCUT2D eigenvalue weighted by molar-refractivity contribution is 6.28. The average molecular weight is 255 g/mol. The molecule has 1 heterocycles. The monoisotopic (exact) mass is 255 g/mol. The van der Waals surface area contributed by atoms with Gasteiger partial charge in [-0.05, 0) is 27.2 Å². The molecule has 1 aliphatic rings. The first-order chi connectivity index (χ1) is 8.26. The van der Waals surface area contributed by atoms with E-state index in [0.29, 0.717) is 12.6 Å². The average Bonchev–Trinajstić information content (AvgIpc) is 2.59. The van der Waals surface area contributed by atoms with E-state index >= 15 is 0 Å². The first-order valence-corrected chi connectivity index (χ1v) is 5.65. The van der Waals surface area contributed by atoms with Gasteiger partial charge in [0.25, 0.3) is 5.78 Å². The Morgan fingerprint density at radius 2 is 2.11 bits per heavy atom. The minimum atomic E-state index is -1.18. The minimum absolute atomic E-state index is 0.228. The van der Waals surface area contributed by atoms with Crippen LogP contribution in [0, 0.1) is 0 Å². The Hall–Kier alpha value is -1.72. The summed E-state index contributed by atoms with van der Waals surface area (Å²) in [6, 6.07) is -0.947. The van der Waals surface area contributed by atoms with Gasteiger partial charge in [-0.2, -0.15) is 4.79 Å². The number of carbonyl (C=O) groups excluding carboxylic acids is 1. The summed E-state index contributed by atoms with van der Waals surface area (Å²) >= 11 is 0. The largest absolute Gasteiger partial charge is 0.465 e. The van der Waals surface area contributed by atoms with Crippen molar-refractivity contribution in [1.29, 1.82) is 0 Å². The van der Waals surface area contributed by atoms with Gasteiger partial charge in [0.1, 0.15) is 6.04 Å². The van der Waals surface area contributed by atoms with E-state index in [1.165, 1.54) is 0 Å². The topological polar surface area (TPSA) is 103 Å². The van der Waals surface area contributed by atoms with Crippen LogP contribution in [0.2, 0.25) is 0 Å². The fraction of sp³-hybridized carbons (Fsp3) is 0.727. The molecular weight excluding hydrogens is 238 g/mol. The lowest BCUT2D eigenvalue weighted by molar-refractivity contribution is -0.127. The molecule has 0 aromatic heterocycles. The van der Waals surface area contributed by atoms with Crippen LogP contribution < -0.4 is 0 Å². The number of likely N-dealkylation sites (tertiary alicyclic amines) is 1. The van der Waals surface area contributed by atoms with Gasteiger partial charge in [0, 0.05) is 6.54 Å². The third-order valence-electron chi connectivity index (χ3n) is 2.57. The number of carboxylic acid groups (broad SMARTS) is 1. The van der Waals surface area contributed by atoms with Crippen LogP contribution in [0.4, 0.5) is 4.79 Å². The van der Waals surface area contributed by atoms with E-state index in [2.05, 4.69) is 4.79 Å². The molecule has 1 amide bonds. The lowest BCUT2D eigenvalue weighted by Crippen LogP contribution is -2.47. The van der Waals surface area contributed by atoms with Crippen molar-refractivity contribution in [2.45, 2.75) is 44.9 Å². The molecule has 0 saturated carbocycles. The molecule has 1 fully saturated rings. The second-order valence-electron chi connectivity index (χ2n) is 5.13.